The smallest absolute Gasteiger partial charge is 0.408 e. The Labute approximate surface area is 163 Å². The van der Waals surface area contributed by atoms with Crippen molar-refractivity contribution in [3.63, 3.8) is 0 Å². The van der Waals surface area contributed by atoms with E-state index < -0.39 is 30.0 Å². The molecule has 0 radical (unpaired) electrons. The van der Waals surface area contributed by atoms with Crippen molar-refractivity contribution in [2.24, 2.45) is 5.92 Å². The molecule has 2 amide bonds. The number of carbonyl (C=O) groups excluding carboxylic acids is 2. The number of hydrogen-bond donors (Lipinski definition) is 2. The monoisotopic (exact) mass is 412 g/mol. The van der Waals surface area contributed by atoms with E-state index in [2.05, 4.69) is 5.32 Å². The average molecular weight is 413 g/mol. The van der Waals surface area contributed by atoms with Gasteiger partial charge in [0.2, 0.25) is 11.8 Å². The molecule has 2 aromatic carbocycles. The fourth-order valence-electron chi connectivity index (χ4n) is 2.79. The number of hydrogen-bond acceptors (Lipinski definition) is 3. The molecular formula is C19H16ClF3N2O3. The van der Waals surface area contributed by atoms with Gasteiger partial charge in [0, 0.05) is 5.69 Å². The van der Waals surface area contributed by atoms with E-state index in [1.807, 2.05) is 5.32 Å². The van der Waals surface area contributed by atoms with Gasteiger partial charge in [-0.25, -0.2) is 0 Å². The van der Waals surface area contributed by atoms with Crippen LogP contribution in [0.4, 0.5) is 18.9 Å². The van der Waals surface area contributed by atoms with Crippen LogP contribution in [0.2, 0.25) is 5.02 Å². The summed E-state index contributed by atoms with van der Waals surface area (Å²) in [4.78, 5) is 24.1. The zero-order valence-corrected chi connectivity index (χ0v) is 15.2. The maximum absolute atomic E-state index is 12.7. The lowest BCUT2D eigenvalue weighted by Gasteiger charge is -2.29. The van der Waals surface area contributed by atoms with Crippen LogP contribution in [0.25, 0.3) is 0 Å². The van der Waals surface area contributed by atoms with Gasteiger partial charge in [-0.2, -0.15) is 13.2 Å². The van der Waals surface area contributed by atoms with Crippen LogP contribution in [-0.4, -0.2) is 24.0 Å². The minimum Gasteiger partial charge on any atom is -0.456 e. The number of amides is 2. The van der Waals surface area contributed by atoms with Crippen LogP contribution in [0, 0.1) is 5.92 Å². The first-order valence-corrected chi connectivity index (χ1v) is 8.82. The van der Waals surface area contributed by atoms with Crippen molar-refractivity contribution >= 4 is 29.1 Å². The number of piperidine rings is 1. The van der Waals surface area contributed by atoms with Crippen molar-refractivity contribution in [2.45, 2.75) is 25.1 Å². The topological polar surface area (TPSA) is 67.4 Å². The van der Waals surface area contributed by atoms with E-state index in [4.69, 9.17) is 16.3 Å². The molecule has 0 aliphatic carbocycles. The maximum atomic E-state index is 12.7. The van der Waals surface area contributed by atoms with Gasteiger partial charge >= 0.3 is 6.18 Å². The maximum Gasteiger partial charge on any atom is 0.408 e. The van der Waals surface area contributed by atoms with Gasteiger partial charge in [0.05, 0.1) is 5.02 Å². The SMILES string of the molecule is O=C(Nc1ccc(Oc2ccccc2Cl)cc1)C1CCC(C(F)(F)F)NC1=O. The zero-order chi connectivity index (χ0) is 20.3. The summed E-state index contributed by atoms with van der Waals surface area (Å²) in [6, 6.07) is 11.3. The Morgan fingerprint density at radius 2 is 1.79 bits per heavy atom. The molecule has 1 fully saturated rings. The number of benzene rings is 2. The molecule has 2 aromatic rings. The van der Waals surface area contributed by atoms with Gasteiger partial charge in [-0.05, 0) is 49.2 Å². The van der Waals surface area contributed by atoms with Crippen LogP contribution in [0.1, 0.15) is 12.8 Å². The van der Waals surface area contributed by atoms with Crippen molar-refractivity contribution in [1.82, 2.24) is 5.32 Å². The second kappa shape index (κ2) is 8.10. The van der Waals surface area contributed by atoms with Gasteiger partial charge < -0.3 is 15.4 Å². The number of rotatable bonds is 4. The molecule has 0 bridgehead atoms. The summed E-state index contributed by atoms with van der Waals surface area (Å²) >= 11 is 6.02. The van der Waals surface area contributed by atoms with Gasteiger partial charge in [-0.15, -0.1) is 0 Å². The highest BCUT2D eigenvalue weighted by Crippen LogP contribution is 2.31. The summed E-state index contributed by atoms with van der Waals surface area (Å²) in [5, 5.41) is 4.84. The van der Waals surface area contributed by atoms with E-state index in [0.717, 1.165) is 0 Å². The predicted molar refractivity (Wildman–Crippen MR) is 97.3 cm³/mol. The molecule has 2 atom stereocenters. The lowest BCUT2D eigenvalue weighted by atomic mass is 9.92. The number of para-hydroxylation sites is 1. The second-order valence-corrected chi connectivity index (χ2v) is 6.69. The Morgan fingerprint density at radius 3 is 2.39 bits per heavy atom. The molecule has 1 heterocycles. The molecule has 0 saturated carbocycles. The Balaban J connectivity index is 1.59. The van der Waals surface area contributed by atoms with Crippen molar-refractivity contribution < 1.29 is 27.5 Å². The predicted octanol–water partition coefficient (Wildman–Crippen LogP) is 4.53. The van der Waals surface area contributed by atoms with E-state index in [0.29, 0.717) is 22.2 Å². The largest absolute Gasteiger partial charge is 0.456 e. The Hall–Kier alpha value is -2.74. The molecular weight excluding hydrogens is 397 g/mol. The minimum absolute atomic E-state index is 0.171. The molecule has 1 saturated heterocycles. The van der Waals surface area contributed by atoms with Gasteiger partial charge in [-0.1, -0.05) is 23.7 Å². The first-order chi connectivity index (χ1) is 13.2. The van der Waals surface area contributed by atoms with Crippen LogP contribution in [0.15, 0.2) is 48.5 Å². The van der Waals surface area contributed by atoms with Crippen LogP contribution < -0.4 is 15.4 Å². The Kier molecular flexibility index (Phi) is 5.79. The van der Waals surface area contributed by atoms with E-state index >= 15 is 0 Å². The number of halogens is 4. The highest BCUT2D eigenvalue weighted by atomic mass is 35.5. The molecule has 148 valence electrons. The summed E-state index contributed by atoms with van der Waals surface area (Å²) in [5.74, 6) is -1.80. The summed E-state index contributed by atoms with van der Waals surface area (Å²) in [7, 11) is 0. The molecule has 2 N–H and O–H groups in total. The molecule has 28 heavy (non-hydrogen) atoms. The minimum atomic E-state index is -4.52. The summed E-state index contributed by atoms with van der Waals surface area (Å²) in [5.41, 5.74) is 0.391. The third-order valence-electron chi connectivity index (χ3n) is 4.27. The third-order valence-corrected chi connectivity index (χ3v) is 4.59. The Morgan fingerprint density at radius 1 is 1.11 bits per heavy atom. The number of alkyl halides is 3. The van der Waals surface area contributed by atoms with E-state index in [-0.39, 0.29) is 12.8 Å². The molecule has 0 spiro atoms. The van der Waals surface area contributed by atoms with Crippen LogP contribution in [0.5, 0.6) is 11.5 Å². The van der Waals surface area contributed by atoms with Crippen molar-refractivity contribution in [2.75, 3.05) is 5.32 Å². The van der Waals surface area contributed by atoms with E-state index in [9.17, 15) is 22.8 Å². The Bertz CT molecular complexity index is 871. The van der Waals surface area contributed by atoms with Gasteiger partial charge in [0.15, 0.2) is 0 Å². The van der Waals surface area contributed by atoms with Crippen molar-refractivity contribution in [3.8, 4) is 11.5 Å². The molecule has 3 rings (SSSR count). The first-order valence-electron chi connectivity index (χ1n) is 8.44. The molecule has 1 aliphatic heterocycles. The van der Waals surface area contributed by atoms with Gasteiger partial charge in [-0.3, -0.25) is 9.59 Å². The standard InChI is InChI=1S/C19H16ClF3N2O3/c20-14-3-1-2-4-15(14)28-12-7-5-11(6-8-12)24-17(26)13-9-10-16(19(21,22)23)25-18(13)27/h1-8,13,16H,9-10H2,(H,24,26)(H,25,27). The lowest BCUT2D eigenvalue weighted by Crippen LogP contribution is -2.53. The highest BCUT2D eigenvalue weighted by molar-refractivity contribution is 6.32. The number of anilines is 1. The summed E-state index contributed by atoms with van der Waals surface area (Å²) in [6.07, 6.45) is -5.03. The zero-order valence-electron chi connectivity index (χ0n) is 14.4. The molecule has 9 heteroatoms. The van der Waals surface area contributed by atoms with Crippen LogP contribution in [-0.2, 0) is 9.59 Å². The van der Waals surface area contributed by atoms with Gasteiger partial charge in [0.1, 0.15) is 23.5 Å². The van der Waals surface area contributed by atoms with Gasteiger partial charge in [0.25, 0.3) is 0 Å². The van der Waals surface area contributed by atoms with Crippen molar-refractivity contribution in [3.05, 3.63) is 53.6 Å². The third kappa shape index (κ3) is 4.75. The highest BCUT2D eigenvalue weighted by Gasteiger charge is 2.45. The van der Waals surface area contributed by atoms with Crippen molar-refractivity contribution in [1.29, 1.82) is 0 Å². The van der Waals surface area contributed by atoms with E-state index in [1.165, 1.54) is 0 Å². The number of nitrogens with one attached hydrogen (secondary N) is 2. The normalized spacial score (nSPS) is 19.6. The second-order valence-electron chi connectivity index (χ2n) is 6.28. The average Bonchev–Trinajstić information content (AvgIpc) is 2.64. The number of carbonyl (C=O) groups is 2. The fraction of sp³-hybridized carbons (Fsp3) is 0.263. The summed E-state index contributed by atoms with van der Waals surface area (Å²) < 4.78 is 43.7. The molecule has 0 aromatic heterocycles. The lowest BCUT2D eigenvalue weighted by molar-refractivity contribution is -0.170. The van der Waals surface area contributed by atoms with Crippen LogP contribution >= 0.6 is 11.6 Å². The first kappa shape index (κ1) is 20.0. The summed E-state index contributed by atoms with van der Waals surface area (Å²) in [6.45, 7) is 0. The molecule has 1 aliphatic rings. The van der Waals surface area contributed by atoms with Crippen LogP contribution in [0.3, 0.4) is 0 Å². The molecule has 5 nitrogen and oxygen atoms in total. The van der Waals surface area contributed by atoms with E-state index in [1.54, 1.807) is 48.5 Å². The fourth-order valence-corrected chi connectivity index (χ4v) is 2.97. The quantitative estimate of drug-likeness (QED) is 0.725. The molecule has 2 unspecified atom stereocenters. The number of ether oxygens (including phenoxy) is 1.